The molecule has 0 saturated heterocycles. The SMILES string of the molecule is CC(C)=CCC/C(C)=C/CC/C(C)=C/CCC(C)/C=C/CCC(C)C/C=C/C(C)CC/C=C(\C)CCC=C(C)C. The molecule has 0 nitrogen and oxygen atoms in total. The Morgan fingerprint density at radius 3 is 1.30 bits per heavy atom. The summed E-state index contributed by atoms with van der Waals surface area (Å²) in [5.41, 5.74) is 7.47. The molecule has 3 atom stereocenters. The van der Waals surface area contributed by atoms with Crippen molar-refractivity contribution in [2.75, 3.05) is 0 Å². The van der Waals surface area contributed by atoms with Crippen molar-refractivity contribution in [3.8, 4) is 0 Å². The summed E-state index contributed by atoms with van der Waals surface area (Å²) in [5, 5.41) is 0. The first-order chi connectivity index (χ1) is 19.0. The van der Waals surface area contributed by atoms with Crippen LogP contribution in [0.15, 0.2) is 82.5 Å². The van der Waals surface area contributed by atoms with Crippen LogP contribution in [0.5, 0.6) is 0 Å². The maximum Gasteiger partial charge on any atom is -0.0259 e. The Labute approximate surface area is 252 Å². The maximum absolute atomic E-state index is 2.47. The summed E-state index contributed by atoms with van der Waals surface area (Å²) in [6.45, 7) is 22.7. The molecule has 0 N–H and O–H groups in total. The minimum Gasteiger partial charge on any atom is -0.0883 e. The van der Waals surface area contributed by atoms with E-state index in [0.717, 1.165) is 5.92 Å². The van der Waals surface area contributed by atoms with E-state index < -0.39 is 0 Å². The summed E-state index contributed by atoms with van der Waals surface area (Å²) in [7, 11) is 0. The predicted octanol–water partition coefficient (Wildman–Crippen LogP) is 13.8. The molecule has 0 saturated carbocycles. The first-order valence-electron chi connectivity index (χ1n) is 16.6. The van der Waals surface area contributed by atoms with Crippen LogP contribution in [0, 0.1) is 17.8 Å². The van der Waals surface area contributed by atoms with Crippen LogP contribution in [-0.2, 0) is 0 Å². The third kappa shape index (κ3) is 26.4. The lowest BCUT2D eigenvalue weighted by molar-refractivity contribution is 0.541. The van der Waals surface area contributed by atoms with Gasteiger partial charge in [0.2, 0.25) is 0 Å². The molecular weight excluding hydrogens is 480 g/mol. The first kappa shape index (κ1) is 38.2. The van der Waals surface area contributed by atoms with Gasteiger partial charge in [0, 0.05) is 0 Å². The molecule has 0 aromatic rings. The second-order valence-corrected chi connectivity index (χ2v) is 13.2. The highest BCUT2D eigenvalue weighted by molar-refractivity contribution is 5.06. The Morgan fingerprint density at radius 2 is 0.850 bits per heavy atom. The predicted molar refractivity (Wildman–Crippen MR) is 186 cm³/mol. The van der Waals surface area contributed by atoms with E-state index in [4.69, 9.17) is 0 Å². The number of rotatable bonds is 22. The Kier molecular flexibility index (Phi) is 23.8. The van der Waals surface area contributed by atoms with Crippen molar-refractivity contribution < 1.29 is 0 Å². The van der Waals surface area contributed by atoms with E-state index in [0.29, 0.717) is 11.8 Å². The minimum absolute atomic E-state index is 0.669. The molecule has 0 radical (unpaired) electrons. The van der Waals surface area contributed by atoms with Crippen molar-refractivity contribution in [2.45, 2.75) is 153 Å². The highest BCUT2D eigenvalue weighted by atomic mass is 14.1. The monoisotopic (exact) mass is 549 g/mol. The molecule has 0 heterocycles. The number of hydrogen-bond acceptors (Lipinski definition) is 0. The molecule has 0 bridgehead atoms. The van der Waals surface area contributed by atoms with Crippen LogP contribution in [-0.4, -0.2) is 0 Å². The van der Waals surface area contributed by atoms with E-state index in [2.05, 4.69) is 124 Å². The zero-order valence-electron chi connectivity index (χ0n) is 28.6. The van der Waals surface area contributed by atoms with Gasteiger partial charge < -0.3 is 0 Å². The smallest absolute Gasteiger partial charge is 0.0259 e. The lowest BCUT2D eigenvalue weighted by atomic mass is 9.97. The summed E-state index contributed by atoms with van der Waals surface area (Å²) in [6, 6.07) is 0. The molecule has 0 rings (SSSR count). The van der Waals surface area contributed by atoms with Crippen molar-refractivity contribution in [2.24, 2.45) is 17.8 Å². The summed E-state index contributed by atoms with van der Waals surface area (Å²) < 4.78 is 0. The first-order valence-corrected chi connectivity index (χ1v) is 16.6. The standard InChI is InChI=1S/C40H68/c1-33(2)19-13-23-37(7)27-17-31-39(9)29-15-25-35(5)21-11-12-22-36(6)26-16-30-40(10)32-18-28-38(8)24-14-20-34(3)4/h11,16,19-21,27-30,35-36,40H,12-15,17-18,22-26,31-32H2,1-10H3/b21-11+,30-16+,37-27+,38-28+,39-29+. The molecular formula is C40H68. The van der Waals surface area contributed by atoms with E-state index in [1.54, 1.807) is 5.57 Å². The molecule has 0 spiro atoms. The van der Waals surface area contributed by atoms with Gasteiger partial charge in [0.25, 0.3) is 0 Å². The van der Waals surface area contributed by atoms with Gasteiger partial charge in [-0.05, 0) is 150 Å². The van der Waals surface area contributed by atoms with Gasteiger partial charge in [0.15, 0.2) is 0 Å². The van der Waals surface area contributed by atoms with Crippen molar-refractivity contribution in [1.82, 2.24) is 0 Å². The molecule has 0 aromatic carbocycles. The molecule has 0 aliphatic carbocycles. The molecule has 0 aliphatic heterocycles. The van der Waals surface area contributed by atoms with Gasteiger partial charge in [-0.25, -0.2) is 0 Å². The van der Waals surface area contributed by atoms with Crippen LogP contribution in [0.25, 0.3) is 0 Å². The van der Waals surface area contributed by atoms with Crippen LogP contribution in [0.3, 0.4) is 0 Å². The fourth-order valence-electron chi connectivity index (χ4n) is 4.78. The average Bonchev–Trinajstić information content (AvgIpc) is 2.86. The van der Waals surface area contributed by atoms with Crippen molar-refractivity contribution in [3.63, 3.8) is 0 Å². The van der Waals surface area contributed by atoms with Gasteiger partial charge in [0.1, 0.15) is 0 Å². The Balaban J connectivity index is 4.04. The van der Waals surface area contributed by atoms with Crippen molar-refractivity contribution in [3.05, 3.63) is 82.5 Å². The number of hydrogen-bond donors (Lipinski definition) is 0. The lowest BCUT2D eigenvalue weighted by Crippen LogP contribution is -1.94. The Bertz CT molecular complexity index is 842. The van der Waals surface area contributed by atoms with Gasteiger partial charge in [-0.3, -0.25) is 0 Å². The fourth-order valence-corrected chi connectivity index (χ4v) is 4.78. The topological polar surface area (TPSA) is 0 Å². The van der Waals surface area contributed by atoms with Crippen molar-refractivity contribution in [1.29, 1.82) is 0 Å². The molecule has 228 valence electrons. The molecule has 0 fully saturated rings. The van der Waals surface area contributed by atoms with Crippen LogP contribution in [0.4, 0.5) is 0 Å². The molecule has 0 heteroatoms. The number of allylic oxidation sites excluding steroid dienone is 14. The van der Waals surface area contributed by atoms with E-state index in [-0.39, 0.29) is 0 Å². The third-order valence-corrected chi connectivity index (χ3v) is 7.74. The second kappa shape index (κ2) is 24.9. The summed E-state index contributed by atoms with van der Waals surface area (Å²) in [5.74, 6) is 2.10. The molecule has 0 amide bonds. The van der Waals surface area contributed by atoms with Crippen LogP contribution in [0.1, 0.15) is 153 Å². The molecule has 3 unspecified atom stereocenters. The van der Waals surface area contributed by atoms with Gasteiger partial charge in [-0.1, -0.05) is 103 Å². The van der Waals surface area contributed by atoms with E-state index in [1.165, 1.54) is 106 Å². The van der Waals surface area contributed by atoms with Crippen molar-refractivity contribution >= 4 is 0 Å². The van der Waals surface area contributed by atoms with Crippen LogP contribution in [0.2, 0.25) is 0 Å². The zero-order chi connectivity index (χ0) is 30.2. The largest absolute Gasteiger partial charge is 0.0883 e. The summed E-state index contributed by atoms with van der Waals surface area (Å²) >= 11 is 0. The van der Waals surface area contributed by atoms with Crippen LogP contribution >= 0.6 is 0 Å². The highest BCUT2D eigenvalue weighted by Gasteiger charge is 2.01. The zero-order valence-corrected chi connectivity index (χ0v) is 28.6. The average molecular weight is 549 g/mol. The lowest BCUT2D eigenvalue weighted by Gasteiger charge is -2.09. The summed E-state index contributed by atoms with van der Waals surface area (Å²) in [4.78, 5) is 0. The van der Waals surface area contributed by atoms with Gasteiger partial charge in [-0.15, -0.1) is 0 Å². The maximum atomic E-state index is 2.47. The van der Waals surface area contributed by atoms with E-state index in [9.17, 15) is 0 Å². The molecule has 0 aromatic heterocycles. The molecule has 40 heavy (non-hydrogen) atoms. The normalized spacial score (nSPS) is 15.5. The Morgan fingerprint density at radius 1 is 0.450 bits per heavy atom. The van der Waals surface area contributed by atoms with Gasteiger partial charge in [-0.2, -0.15) is 0 Å². The van der Waals surface area contributed by atoms with Gasteiger partial charge in [0.05, 0.1) is 0 Å². The van der Waals surface area contributed by atoms with E-state index >= 15 is 0 Å². The quantitative estimate of drug-likeness (QED) is 0.118. The van der Waals surface area contributed by atoms with Crippen LogP contribution < -0.4 is 0 Å². The molecule has 0 aliphatic rings. The summed E-state index contributed by atoms with van der Waals surface area (Å²) in [6.07, 6.45) is 37.5. The highest BCUT2D eigenvalue weighted by Crippen LogP contribution is 2.17. The minimum atomic E-state index is 0.669. The third-order valence-electron chi connectivity index (χ3n) is 7.74. The second-order valence-electron chi connectivity index (χ2n) is 13.2. The Hall–Kier alpha value is -1.82. The van der Waals surface area contributed by atoms with Gasteiger partial charge >= 0.3 is 0 Å². The fraction of sp³-hybridized carbons (Fsp3) is 0.650. The van der Waals surface area contributed by atoms with E-state index in [1.807, 2.05) is 0 Å².